The second kappa shape index (κ2) is 7.13. The molecule has 1 atom stereocenters. The zero-order valence-corrected chi connectivity index (χ0v) is 17.4. The standard InChI is InChI=1S/C17H34O3Si2/c1-17(2,3)21(4,5)13-14(12-19)10-15-11-16(8-9-18)22(6,7)20-15/h8,13,15,18-19H,9-12H2,1-7H3/b14-13-,16-8-. The lowest BCUT2D eigenvalue weighted by Crippen LogP contribution is -2.36. The summed E-state index contributed by atoms with van der Waals surface area (Å²) in [6.45, 7) is 16.2. The van der Waals surface area contributed by atoms with Crippen molar-refractivity contribution in [3.8, 4) is 0 Å². The van der Waals surface area contributed by atoms with E-state index in [2.05, 4.69) is 52.7 Å². The minimum Gasteiger partial charge on any atom is -0.410 e. The van der Waals surface area contributed by atoms with Gasteiger partial charge in [0.2, 0.25) is 8.32 Å². The zero-order chi connectivity index (χ0) is 17.2. The van der Waals surface area contributed by atoms with Crippen molar-refractivity contribution in [3.63, 3.8) is 0 Å². The fraction of sp³-hybridized carbons (Fsp3) is 0.765. The summed E-state index contributed by atoms with van der Waals surface area (Å²) >= 11 is 0. The predicted molar refractivity (Wildman–Crippen MR) is 99.1 cm³/mol. The van der Waals surface area contributed by atoms with Gasteiger partial charge in [-0.15, -0.1) is 0 Å². The van der Waals surface area contributed by atoms with E-state index in [4.69, 9.17) is 9.53 Å². The van der Waals surface area contributed by atoms with Crippen LogP contribution in [0.15, 0.2) is 22.5 Å². The van der Waals surface area contributed by atoms with Crippen molar-refractivity contribution in [1.82, 2.24) is 0 Å². The average molecular weight is 343 g/mol. The molecule has 1 aliphatic heterocycles. The molecule has 0 saturated carbocycles. The van der Waals surface area contributed by atoms with Crippen molar-refractivity contribution in [1.29, 1.82) is 0 Å². The lowest BCUT2D eigenvalue weighted by atomic mass is 10.1. The SMILES string of the molecule is CC(C)(C)[Si](C)(C)/C=C(\CO)CC1C/C(=C/CO)[Si](C)(C)O1. The van der Waals surface area contributed by atoms with Crippen molar-refractivity contribution in [2.75, 3.05) is 13.2 Å². The highest BCUT2D eigenvalue weighted by atomic mass is 28.4. The Kier molecular flexibility index (Phi) is 6.43. The highest BCUT2D eigenvalue weighted by Crippen LogP contribution is 2.39. The lowest BCUT2D eigenvalue weighted by molar-refractivity contribution is 0.215. The summed E-state index contributed by atoms with van der Waals surface area (Å²) < 4.78 is 6.27. The van der Waals surface area contributed by atoms with Crippen molar-refractivity contribution in [3.05, 3.63) is 22.5 Å². The predicted octanol–water partition coefficient (Wildman–Crippen LogP) is 3.79. The monoisotopic (exact) mass is 342 g/mol. The largest absolute Gasteiger partial charge is 0.410 e. The Hall–Kier alpha value is -0.206. The molecule has 0 spiro atoms. The third-order valence-electron chi connectivity index (χ3n) is 5.21. The molecular formula is C17H34O3Si2. The molecule has 0 aromatic heterocycles. The van der Waals surface area contributed by atoms with E-state index in [1.165, 1.54) is 5.20 Å². The summed E-state index contributed by atoms with van der Waals surface area (Å²) in [6, 6.07) is 0. The van der Waals surface area contributed by atoms with Gasteiger partial charge >= 0.3 is 0 Å². The molecule has 0 aromatic carbocycles. The van der Waals surface area contributed by atoms with Gasteiger partial charge in [-0.05, 0) is 31.0 Å². The molecule has 0 bridgehead atoms. The normalized spacial score (nSPS) is 25.0. The molecule has 0 amide bonds. The minimum atomic E-state index is -1.82. The molecule has 5 heteroatoms. The summed E-state index contributed by atoms with van der Waals surface area (Å²) in [7, 11) is -3.37. The number of aliphatic hydroxyl groups is 2. The highest BCUT2D eigenvalue weighted by molar-refractivity contribution is 6.84. The molecule has 1 saturated heterocycles. The molecule has 1 heterocycles. The molecule has 0 radical (unpaired) electrons. The molecule has 1 unspecified atom stereocenters. The molecule has 3 nitrogen and oxygen atoms in total. The fourth-order valence-electron chi connectivity index (χ4n) is 2.77. The maximum Gasteiger partial charge on any atom is 0.214 e. The van der Waals surface area contributed by atoms with E-state index in [1.807, 2.05) is 6.08 Å². The third-order valence-corrected chi connectivity index (χ3v) is 13.1. The van der Waals surface area contributed by atoms with Gasteiger partial charge in [0.25, 0.3) is 0 Å². The number of hydrogen-bond acceptors (Lipinski definition) is 3. The highest BCUT2D eigenvalue weighted by Gasteiger charge is 2.39. The second-order valence-corrected chi connectivity index (χ2v) is 17.6. The summed E-state index contributed by atoms with van der Waals surface area (Å²) in [5.41, 5.74) is 3.48. The van der Waals surface area contributed by atoms with E-state index in [1.54, 1.807) is 0 Å². The van der Waals surface area contributed by atoms with E-state index in [-0.39, 0.29) is 24.4 Å². The summed E-state index contributed by atoms with van der Waals surface area (Å²) in [6.07, 6.45) is 3.78. The zero-order valence-electron chi connectivity index (χ0n) is 15.4. The van der Waals surface area contributed by atoms with E-state index in [0.717, 1.165) is 18.4 Å². The first-order valence-corrected chi connectivity index (χ1v) is 14.2. The summed E-state index contributed by atoms with van der Waals surface area (Å²) in [4.78, 5) is 0. The van der Waals surface area contributed by atoms with Gasteiger partial charge in [-0.2, -0.15) is 0 Å². The first kappa shape index (κ1) is 19.8. The maximum absolute atomic E-state index is 9.77. The number of aliphatic hydroxyl groups excluding tert-OH is 2. The number of hydrogen-bond donors (Lipinski definition) is 2. The lowest BCUT2D eigenvalue weighted by Gasteiger charge is -2.35. The van der Waals surface area contributed by atoms with Gasteiger partial charge in [0, 0.05) is 0 Å². The van der Waals surface area contributed by atoms with Crippen LogP contribution in [0.4, 0.5) is 0 Å². The van der Waals surface area contributed by atoms with Crippen LogP contribution in [0.2, 0.25) is 31.2 Å². The van der Waals surface area contributed by atoms with Crippen LogP contribution in [-0.2, 0) is 4.43 Å². The van der Waals surface area contributed by atoms with Crippen molar-refractivity contribution >= 4 is 16.4 Å². The Balaban J connectivity index is 2.87. The molecule has 22 heavy (non-hydrogen) atoms. The van der Waals surface area contributed by atoms with Gasteiger partial charge in [0.15, 0.2) is 0 Å². The van der Waals surface area contributed by atoms with E-state index in [0.29, 0.717) is 0 Å². The molecule has 1 aliphatic rings. The maximum atomic E-state index is 9.77. The molecule has 0 aromatic rings. The topological polar surface area (TPSA) is 49.7 Å². The molecule has 1 fully saturated rings. The van der Waals surface area contributed by atoms with Gasteiger partial charge in [-0.1, -0.05) is 56.4 Å². The van der Waals surface area contributed by atoms with Gasteiger partial charge in [0.1, 0.15) is 0 Å². The fourth-order valence-corrected chi connectivity index (χ4v) is 6.88. The Morgan fingerprint density at radius 3 is 2.36 bits per heavy atom. The molecule has 0 aliphatic carbocycles. The second-order valence-electron chi connectivity index (χ2n) is 8.50. The molecular weight excluding hydrogens is 308 g/mol. The first-order chi connectivity index (χ1) is 9.93. The van der Waals surface area contributed by atoms with Crippen LogP contribution in [0.25, 0.3) is 0 Å². The Morgan fingerprint density at radius 1 is 1.32 bits per heavy atom. The van der Waals surface area contributed by atoms with Crippen LogP contribution in [-0.4, -0.2) is 45.9 Å². The minimum absolute atomic E-state index is 0.0918. The Labute approximate surface area is 138 Å². The van der Waals surface area contributed by atoms with E-state index < -0.39 is 16.4 Å². The Bertz CT molecular complexity index is 445. The van der Waals surface area contributed by atoms with Crippen molar-refractivity contribution < 1.29 is 14.6 Å². The van der Waals surface area contributed by atoms with E-state index >= 15 is 0 Å². The van der Waals surface area contributed by atoms with Crippen LogP contribution in [0.5, 0.6) is 0 Å². The van der Waals surface area contributed by atoms with Crippen LogP contribution in [0.3, 0.4) is 0 Å². The first-order valence-electron chi connectivity index (χ1n) is 8.22. The smallest absolute Gasteiger partial charge is 0.214 e. The molecule has 2 N–H and O–H groups in total. The van der Waals surface area contributed by atoms with Crippen LogP contribution >= 0.6 is 0 Å². The van der Waals surface area contributed by atoms with Crippen LogP contribution in [0, 0.1) is 0 Å². The summed E-state index contributed by atoms with van der Waals surface area (Å²) in [5, 5.41) is 20.5. The van der Waals surface area contributed by atoms with Crippen LogP contribution < -0.4 is 0 Å². The van der Waals surface area contributed by atoms with Gasteiger partial charge in [-0.25, -0.2) is 0 Å². The van der Waals surface area contributed by atoms with Gasteiger partial charge in [0.05, 0.1) is 27.4 Å². The van der Waals surface area contributed by atoms with Gasteiger partial charge in [-0.3, -0.25) is 0 Å². The molecule has 1 rings (SSSR count). The summed E-state index contributed by atoms with van der Waals surface area (Å²) in [5.74, 6) is 0. The van der Waals surface area contributed by atoms with Crippen molar-refractivity contribution in [2.24, 2.45) is 0 Å². The number of rotatable bonds is 5. The quantitative estimate of drug-likeness (QED) is 0.747. The van der Waals surface area contributed by atoms with E-state index in [9.17, 15) is 5.11 Å². The van der Waals surface area contributed by atoms with Gasteiger partial charge < -0.3 is 14.6 Å². The Morgan fingerprint density at radius 2 is 1.91 bits per heavy atom. The van der Waals surface area contributed by atoms with Crippen LogP contribution in [0.1, 0.15) is 33.6 Å². The van der Waals surface area contributed by atoms with Crippen molar-refractivity contribution in [2.45, 2.75) is 70.9 Å². The average Bonchev–Trinajstić information content (AvgIpc) is 2.62. The molecule has 128 valence electrons. The third kappa shape index (κ3) is 4.89.